The molecule has 1 heterocycles. The molecule has 1 saturated heterocycles. The minimum Gasteiger partial charge on any atom is -0.381 e. The van der Waals surface area contributed by atoms with Gasteiger partial charge in [-0.25, -0.2) is 0 Å². The fourth-order valence-corrected chi connectivity index (χ4v) is 1.29. The van der Waals surface area contributed by atoms with Gasteiger partial charge in [-0.15, -0.1) is 0 Å². The van der Waals surface area contributed by atoms with E-state index in [0.717, 1.165) is 26.1 Å². The second-order valence-corrected chi connectivity index (χ2v) is 4.04. The summed E-state index contributed by atoms with van der Waals surface area (Å²) in [5.41, 5.74) is 0.00199. The predicted molar refractivity (Wildman–Crippen MR) is 44.7 cm³/mol. The van der Waals surface area contributed by atoms with Crippen LogP contribution in [0.1, 0.15) is 33.6 Å². The first-order valence-corrected chi connectivity index (χ1v) is 4.33. The maximum atomic E-state index is 5.80. The third-order valence-corrected chi connectivity index (χ3v) is 1.69. The third-order valence-electron chi connectivity index (χ3n) is 1.69. The highest BCUT2D eigenvalue weighted by Gasteiger charge is 2.20. The van der Waals surface area contributed by atoms with Crippen molar-refractivity contribution >= 4 is 0 Å². The maximum absolute atomic E-state index is 5.80. The molecule has 0 atom stereocenters. The fourth-order valence-electron chi connectivity index (χ4n) is 1.29. The zero-order chi connectivity index (χ0) is 8.32. The van der Waals surface area contributed by atoms with E-state index in [9.17, 15) is 0 Å². The monoisotopic (exact) mass is 158 g/mol. The number of rotatable bonds is 1. The summed E-state index contributed by atoms with van der Waals surface area (Å²) in [5, 5.41) is 0. The highest BCUT2D eigenvalue weighted by atomic mass is 16.5. The fraction of sp³-hybridized carbons (Fsp3) is 1.00. The largest absolute Gasteiger partial charge is 0.381 e. The molecular formula is C9H18O2. The lowest BCUT2D eigenvalue weighted by atomic mass is 10.1. The predicted octanol–water partition coefficient (Wildman–Crippen LogP) is 1.98. The van der Waals surface area contributed by atoms with Crippen LogP contribution in [0.2, 0.25) is 0 Å². The van der Waals surface area contributed by atoms with E-state index in [0.29, 0.717) is 6.10 Å². The average molecular weight is 158 g/mol. The van der Waals surface area contributed by atoms with Crippen LogP contribution in [-0.4, -0.2) is 24.9 Å². The SMILES string of the molecule is CC(C)(C)OC1CCOCC1. The van der Waals surface area contributed by atoms with E-state index in [1.807, 2.05) is 0 Å². The molecule has 0 aromatic rings. The van der Waals surface area contributed by atoms with E-state index in [1.54, 1.807) is 0 Å². The molecule has 0 saturated carbocycles. The van der Waals surface area contributed by atoms with Gasteiger partial charge in [0.2, 0.25) is 0 Å². The summed E-state index contributed by atoms with van der Waals surface area (Å²) < 4.78 is 11.0. The van der Waals surface area contributed by atoms with Crippen molar-refractivity contribution in [2.45, 2.75) is 45.3 Å². The van der Waals surface area contributed by atoms with E-state index in [1.165, 1.54) is 0 Å². The van der Waals surface area contributed by atoms with Crippen LogP contribution >= 0.6 is 0 Å². The highest BCUT2D eigenvalue weighted by Crippen LogP contribution is 2.18. The van der Waals surface area contributed by atoms with E-state index in [2.05, 4.69) is 20.8 Å². The lowest BCUT2D eigenvalue weighted by molar-refractivity contribution is -0.100. The second kappa shape index (κ2) is 3.55. The first kappa shape index (κ1) is 9.01. The Kier molecular flexibility index (Phi) is 2.90. The minimum absolute atomic E-state index is 0.00199. The summed E-state index contributed by atoms with van der Waals surface area (Å²) in [6.07, 6.45) is 2.53. The number of hydrogen-bond donors (Lipinski definition) is 0. The van der Waals surface area contributed by atoms with Crippen molar-refractivity contribution in [1.29, 1.82) is 0 Å². The molecule has 0 radical (unpaired) electrons. The van der Waals surface area contributed by atoms with E-state index in [4.69, 9.17) is 9.47 Å². The van der Waals surface area contributed by atoms with Gasteiger partial charge in [-0.05, 0) is 33.6 Å². The zero-order valence-corrected chi connectivity index (χ0v) is 7.72. The number of hydrogen-bond acceptors (Lipinski definition) is 2. The van der Waals surface area contributed by atoms with E-state index < -0.39 is 0 Å². The number of ether oxygens (including phenoxy) is 2. The van der Waals surface area contributed by atoms with Crippen LogP contribution in [0.15, 0.2) is 0 Å². The van der Waals surface area contributed by atoms with E-state index in [-0.39, 0.29) is 5.60 Å². The van der Waals surface area contributed by atoms with Crippen molar-refractivity contribution in [3.8, 4) is 0 Å². The van der Waals surface area contributed by atoms with Crippen LogP contribution in [0.25, 0.3) is 0 Å². The third kappa shape index (κ3) is 3.73. The first-order chi connectivity index (χ1) is 5.08. The van der Waals surface area contributed by atoms with Gasteiger partial charge >= 0.3 is 0 Å². The van der Waals surface area contributed by atoms with Crippen molar-refractivity contribution in [3.05, 3.63) is 0 Å². The Balaban J connectivity index is 2.24. The Morgan fingerprint density at radius 2 is 1.73 bits per heavy atom. The van der Waals surface area contributed by atoms with Gasteiger partial charge in [0, 0.05) is 13.2 Å². The van der Waals surface area contributed by atoms with E-state index >= 15 is 0 Å². The second-order valence-electron chi connectivity index (χ2n) is 4.04. The summed E-state index contributed by atoms with van der Waals surface area (Å²) in [6.45, 7) is 8.02. The van der Waals surface area contributed by atoms with Crippen molar-refractivity contribution < 1.29 is 9.47 Å². The molecule has 2 heteroatoms. The molecule has 0 aromatic heterocycles. The molecule has 0 unspecified atom stereocenters. The quantitative estimate of drug-likeness (QED) is 0.581. The molecule has 1 fully saturated rings. The minimum atomic E-state index is 0.00199. The average Bonchev–Trinajstić information content (AvgIpc) is 1.85. The van der Waals surface area contributed by atoms with Crippen molar-refractivity contribution in [2.24, 2.45) is 0 Å². The van der Waals surface area contributed by atoms with Gasteiger partial charge in [-0.1, -0.05) is 0 Å². The normalized spacial score (nSPS) is 22.1. The summed E-state index contributed by atoms with van der Waals surface area (Å²) in [7, 11) is 0. The summed E-state index contributed by atoms with van der Waals surface area (Å²) >= 11 is 0. The lowest BCUT2D eigenvalue weighted by Crippen LogP contribution is -2.31. The van der Waals surface area contributed by atoms with Crippen LogP contribution in [0.4, 0.5) is 0 Å². The van der Waals surface area contributed by atoms with Crippen molar-refractivity contribution in [1.82, 2.24) is 0 Å². The Morgan fingerprint density at radius 3 is 2.18 bits per heavy atom. The summed E-state index contributed by atoms with van der Waals surface area (Å²) in [6, 6.07) is 0. The Labute approximate surface area is 68.9 Å². The Morgan fingerprint density at radius 1 is 1.18 bits per heavy atom. The molecule has 0 amide bonds. The van der Waals surface area contributed by atoms with Gasteiger partial charge in [0.15, 0.2) is 0 Å². The van der Waals surface area contributed by atoms with Crippen molar-refractivity contribution in [3.63, 3.8) is 0 Å². The molecule has 1 aliphatic rings. The Bertz CT molecular complexity index is 109. The Hall–Kier alpha value is -0.0800. The van der Waals surface area contributed by atoms with Crippen LogP contribution in [0.5, 0.6) is 0 Å². The van der Waals surface area contributed by atoms with Crippen LogP contribution in [-0.2, 0) is 9.47 Å². The molecular weight excluding hydrogens is 140 g/mol. The highest BCUT2D eigenvalue weighted by molar-refractivity contribution is 4.68. The molecule has 1 rings (SSSR count). The molecule has 66 valence electrons. The van der Waals surface area contributed by atoms with Gasteiger partial charge in [0.25, 0.3) is 0 Å². The standard InChI is InChI=1S/C9H18O2/c1-9(2,3)11-8-4-6-10-7-5-8/h8H,4-7H2,1-3H3. The smallest absolute Gasteiger partial charge is 0.0626 e. The molecule has 0 spiro atoms. The summed E-state index contributed by atoms with van der Waals surface area (Å²) in [4.78, 5) is 0. The van der Waals surface area contributed by atoms with Gasteiger partial charge < -0.3 is 9.47 Å². The molecule has 0 bridgehead atoms. The molecule has 2 nitrogen and oxygen atoms in total. The molecule has 11 heavy (non-hydrogen) atoms. The summed E-state index contributed by atoms with van der Waals surface area (Å²) in [5.74, 6) is 0. The van der Waals surface area contributed by atoms with Gasteiger partial charge in [0.1, 0.15) is 0 Å². The molecule has 0 aliphatic carbocycles. The maximum Gasteiger partial charge on any atom is 0.0626 e. The van der Waals surface area contributed by atoms with Crippen LogP contribution in [0, 0.1) is 0 Å². The zero-order valence-electron chi connectivity index (χ0n) is 7.72. The first-order valence-electron chi connectivity index (χ1n) is 4.33. The van der Waals surface area contributed by atoms with Crippen LogP contribution in [0.3, 0.4) is 0 Å². The van der Waals surface area contributed by atoms with Gasteiger partial charge in [-0.2, -0.15) is 0 Å². The van der Waals surface area contributed by atoms with Gasteiger partial charge in [0.05, 0.1) is 11.7 Å². The lowest BCUT2D eigenvalue weighted by Gasteiger charge is -2.30. The van der Waals surface area contributed by atoms with Gasteiger partial charge in [-0.3, -0.25) is 0 Å². The topological polar surface area (TPSA) is 18.5 Å². The molecule has 1 aliphatic heterocycles. The van der Waals surface area contributed by atoms with Crippen molar-refractivity contribution in [2.75, 3.05) is 13.2 Å². The van der Waals surface area contributed by atoms with Crippen LogP contribution < -0.4 is 0 Å². The molecule has 0 N–H and O–H groups in total. The molecule has 0 aromatic carbocycles.